The molecule has 0 aliphatic heterocycles. The molecule has 4 nitrogen and oxygen atoms in total. The third kappa shape index (κ3) is 12.3. The molecule has 0 aromatic carbocycles. The van der Waals surface area contributed by atoms with Gasteiger partial charge in [-0.15, -0.1) is 0 Å². The molecule has 0 radical (unpaired) electrons. The molecule has 0 spiro atoms. The summed E-state index contributed by atoms with van der Waals surface area (Å²) in [6, 6.07) is 0. The normalized spacial score (nSPS) is 20.3. The Labute approximate surface area is 179 Å². The first-order valence-electron chi connectivity index (χ1n) is 12.5. The molecule has 4 heteroatoms. The molecule has 0 amide bonds. The zero-order chi connectivity index (χ0) is 21.3. The molecule has 29 heavy (non-hydrogen) atoms. The average Bonchev–Trinajstić information content (AvgIpc) is 2.72. The van der Waals surface area contributed by atoms with E-state index in [9.17, 15) is 9.59 Å². The van der Waals surface area contributed by atoms with Crippen LogP contribution in [-0.4, -0.2) is 23.1 Å². The van der Waals surface area contributed by atoms with Crippen LogP contribution in [0, 0.1) is 11.8 Å². The maximum Gasteiger partial charge on any atom is 0.309 e. The summed E-state index contributed by atoms with van der Waals surface area (Å²) in [6.07, 6.45) is 19.7. The molecule has 1 N–H and O–H groups in total. The first-order valence-corrected chi connectivity index (χ1v) is 12.5. The van der Waals surface area contributed by atoms with E-state index in [-0.39, 0.29) is 23.9 Å². The van der Waals surface area contributed by atoms with Gasteiger partial charge in [0.2, 0.25) is 0 Å². The molecule has 170 valence electrons. The van der Waals surface area contributed by atoms with Gasteiger partial charge in [-0.05, 0) is 51.4 Å². The molecule has 1 fully saturated rings. The predicted octanol–water partition coefficient (Wildman–Crippen LogP) is 7.29. The number of carboxylic acids is 1. The van der Waals surface area contributed by atoms with Crippen LogP contribution in [0.5, 0.6) is 0 Å². The van der Waals surface area contributed by atoms with E-state index in [4.69, 9.17) is 9.84 Å². The Bertz CT molecular complexity index is 427. The van der Waals surface area contributed by atoms with Crippen molar-refractivity contribution in [3.05, 3.63) is 0 Å². The predicted molar refractivity (Wildman–Crippen MR) is 119 cm³/mol. The number of esters is 1. The third-order valence-corrected chi connectivity index (χ3v) is 6.45. The van der Waals surface area contributed by atoms with Crippen LogP contribution >= 0.6 is 0 Å². The van der Waals surface area contributed by atoms with Crippen LogP contribution in [0.1, 0.15) is 129 Å². The van der Waals surface area contributed by atoms with Crippen molar-refractivity contribution in [2.75, 3.05) is 0 Å². The summed E-state index contributed by atoms with van der Waals surface area (Å²) in [5, 5.41) is 9.13. The minimum atomic E-state index is -0.722. The van der Waals surface area contributed by atoms with Gasteiger partial charge in [-0.2, -0.15) is 0 Å². The molecule has 1 unspecified atom stereocenters. The number of aliphatic carboxylic acids is 1. The number of ether oxygens (including phenoxy) is 1. The SMILES string of the molecule is CCCCCCCCCCC(CCCCCC)OC(=O)C1CCC(C(=O)O)CC1. The van der Waals surface area contributed by atoms with E-state index < -0.39 is 5.97 Å². The highest BCUT2D eigenvalue weighted by atomic mass is 16.5. The van der Waals surface area contributed by atoms with E-state index in [1.165, 1.54) is 64.2 Å². The first-order chi connectivity index (χ1) is 14.1. The lowest BCUT2D eigenvalue weighted by molar-refractivity contribution is -0.158. The third-order valence-electron chi connectivity index (χ3n) is 6.45. The van der Waals surface area contributed by atoms with Crippen molar-refractivity contribution in [2.45, 2.75) is 136 Å². The molecule has 1 atom stereocenters. The average molecular weight is 411 g/mol. The summed E-state index contributed by atoms with van der Waals surface area (Å²) in [4.78, 5) is 23.7. The number of hydrogen-bond acceptors (Lipinski definition) is 3. The largest absolute Gasteiger partial charge is 0.481 e. The van der Waals surface area contributed by atoms with Crippen molar-refractivity contribution in [1.29, 1.82) is 0 Å². The number of rotatable bonds is 17. The van der Waals surface area contributed by atoms with E-state index >= 15 is 0 Å². The summed E-state index contributed by atoms with van der Waals surface area (Å²) in [5.74, 6) is -1.17. The molecular weight excluding hydrogens is 364 g/mol. The molecule has 0 aromatic rings. The highest BCUT2D eigenvalue weighted by Crippen LogP contribution is 2.30. The molecule has 0 bridgehead atoms. The van der Waals surface area contributed by atoms with Gasteiger partial charge in [0.25, 0.3) is 0 Å². The number of hydrogen-bond donors (Lipinski definition) is 1. The number of unbranched alkanes of at least 4 members (excludes halogenated alkanes) is 10. The zero-order valence-electron chi connectivity index (χ0n) is 19.1. The van der Waals surface area contributed by atoms with Gasteiger partial charge < -0.3 is 9.84 Å². The van der Waals surface area contributed by atoms with Crippen LogP contribution in [-0.2, 0) is 14.3 Å². The van der Waals surface area contributed by atoms with Crippen molar-refractivity contribution >= 4 is 11.9 Å². The molecule has 0 aromatic heterocycles. The zero-order valence-corrected chi connectivity index (χ0v) is 19.1. The van der Waals surface area contributed by atoms with Gasteiger partial charge in [0.05, 0.1) is 11.8 Å². The van der Waals surface area contributed by atoms with Gasteiger partial charge >= 0.3 is 11.9 Å². The van der Waals surface area contributed by atoms with Crippen molar-refractivity contribution in [3.8, 4) is 0 Å². The topological polar surface area (TPSA) is 63.6 Å². The van der Waals surface area contributed by atoms with Gasteiger partial charge in [0.15, 0.2) is 0 Å². The van der Waals surface area contributed by atoms with E-state index in [0.29, 0.717) is 25.7 Å². The quantitative estimate of drug-likeness (QED) is 0.202. The highest BCUT2D eigenvalue weighted by Gasteiger charge is 2.31. The van der Waals surface area contributed by atoms with Crippen molar-refractivity contribution in [1.82, 2.24) is 0 Å². The standard InChI is InChI=1S/C25H46O4/c1-3-5-7-9-10-11-12-14-16-23(15-13-8-6-4-2)29-25(28)22-19-17-21(18-20-22)24(26)27/h21-23H,3-20H2,1-2H3,(H,26,27). The summed E-state index contributed by atoms with van der Waals surface area (Å²) in [6.45, 7) is 4.46. The van der Waals surface area contributed by atoms with E-state index in [2.05, 4.69) is 13.8 Å². The molecular formula is C25H46O4. The molecule has 0 saturated heterocycles. The van der Waals surface area contributed by atoms with E-state index in [1.54, 1.807) is 0 Å². The second-order valence-electron chi connectivity index (χ2n) is 9.06. The minimum Gasteiger partial charge on any atom is -0.481 e. The lowest BCUT2D eigenvalue weighted by Crippen LogP contribution is -2.29. The summed E-state index contributed by atoms with van der Waals surface area (Å²) >= 11 is 0. The summed E-state index contributed by atoms with van der Waals surface area (Å²) in [7, 11) is 0. The fourth-order valence-corrected chi connectivity index (χ4v) is 4.40. The Morgan fingerprint density at radius 3 is 1.62 bits per heavy atom. The monoisotopic (exact) mass is 410 g/mol. The number of carboxylic acid groups (broad SMARTS) is 1. The number of carbonyl (C=O) groups excluding carboxylic acids is 1. The smallest absolute Gasteiger partial charge is 0.309 e. The van der Waals surface area contributed by atoms with E-state index in [0.717, 1.165) is 25.7 Å². The Morgan fingerprint density at radius 2 is 1.14 bits per heavy atom. The van der Waals surface area contributed by atoms with Crippen LogP contribution in [0.15, 0.2) is 0 Å². The summed E-state index contributed by atoms with van der Waals surface area (Å²) < 4.78 is 5.94. The van der Waals surface area contributed by atoms with Crippen LogP contribution in [0.2, 0.25) is 0 Å². The molecule has 1 aliphatic carbocycles. The van der Waals surface area contributed by atoms with Crippen LogP contribution in [0.3, 0.4) is 0 Å². The Hall–Kier alpha value is -1.06. The fraction of sp³-hybridized carbons (Fsp3) is 0.920. The minimum absolute atomic E-state index is 0.0524. The van der Waals surface area contributed by atoms with Gasteiger partial charge in [-0.25, -0.2) is 0 Å². The van der Waals surface area contributed by atoms with Crippen LogP contribution in [0.25, 0.3) is 0 Å². The summed E-state index contributed by atoms with van der Waals surface area (Å²) in [5.41, 5.74) is 0. The molecule has 1 aliphatic rings. The van der Waals surface area contributed by atoms with Gasteiger partial charge in [0.1, 0.15) is 6.10 Å². The fourth-order valence-electron chi connectivity index (χ4n) is 4.40. The van der Waals surface area contributed by atoms with Crippen LogP contribution < -0.4 is 0 Å². The molecule has 1 saturated carbocycles. The Kier molecular flexibility index (Phi) is 15.0. The highest BCUT2D eigenvalue weighted by molar-refractivity contribution is 5.74. The molecule has 1 rings (SSSR count). The van der Waals surface area contributed by atoms with Crippen molar-refractivity contribution in [2.24, 2.45) is 11.8 Å². The Morgan fingerprint density at radius 1 is 0.724 bits per heavy atom. The lowest BCUT2D eigenvalue weighted by Gasteiger charge is -2.27. The van der Waals surface area contributed by atoms with E-state index in [1.807, 2.05) is 0 Å². The molecule has 0 heterocycles. The van der Waals surface area contributed by atoms with Crippen molar-refractivity contribution < 1.29 is 19.4 Å². The van der Waals surface area contributed by atoms with Crippen molar-refractivity contribution in [3.63, 3.8) is 0 Å². The first kappa shape index (κ1) is 26.0. The second-order valence-corrected chi connectivity index (χ2v) is 9.06. The maximum atomic E-state index is 12.6. The van der Waals surface area contributed by atoms with Gasteiger partial charge in [-0.1, -0.05) is 78.1 Å². The van der Waals surface area contributed by atoms with Gasteiger partial charge in [-0.3, -0.25) is 9.59 Å². The van der Waals surface area contributed by atoms with Crippen LogP contribution in [0.4, 0.5) is 0 Å². The maximum absolute atomic E-state index is 12.6. The lowest BCUT2D eigenvalue weighted by atomic mass is 9.82. The van der Waals surface area contributed by atoms with Gasteiger partial charge in [0, 0.05) is 0 Å². The Balaban J connectivity index is 2.32. The number of carbonyl (C=O) groups is 2. The second kappa shape index (κ2) is 16.7.